The first-order valence-corrected chi connectivity index (χ1v) is 15.7. The van der Waals surface area contributed by atoms with Crippen LogP contribution in [0.3, 0.4) is 0 Å². The summed E-state index contributed by atoms with van der Waals surface area (Å²) in [4.78, 5) is 5.25. The van der Waals surface area contributed by atoms with Gasteiger partial charge in [-0.15, -0.1) is 11.3 Å². The molecule has 0 spiro atoms. The molecule has 1 aliphatic rings. The van der Waals surface area contributed by atoms with E-state index in [-0.39, 0.29) is 12.3 Å². The zero-order valence-electron chi connectivity index (χ0n) is 23.7. The highest BCUT2D eigenvalue weighted by molar-refractivity contribution is 7.26. The van der Waals surface area contributed by atoms with E-state index in [1.807, 2.05) is 23.5 Å². The molecule has 0 amide bonds. The fourth-order valence-corrected chi connectivity index (χ4v) is 7.64. The fraction of sp³-hybridized carbons (Fsp3) is 0.0513. The van der Waals surface area contributed by atoms with Crippen molar-refractivity contribution in [1.29, 1.82) is 0 Å². The van der Waals surface area contributed by atoms with Crippen molar-refractivity contribution in [3.63, 3.8) is 0 Å². The van der Waals surface area contributed by atoms with Gasteiger partial charge in [0.1, 0.15) is 29.3 Å². The molecule has 210 valence electrons. The quantitative estimate of drug-likeness (QED) is 0.216. The number of furan rings is 1. The predicted octanol–water partition coefficient (Wildman–Crippen LogP) is 9.96. The van der Waals surface area contributed by atoms with Crippen molar-refractivity contribution in [2.45, 2.75) is 12.3 Å². The summed E-state index contributed by atoms with van der Waals surface area (Å²) in [5, 5.41) is 12.3. The van der Waals surface area contributed by atoms with Gasteiger partial charge in [-0.3, -0.25) is 5.32 Å². The molecule has 2 aromatic heterocycles. The minimum absolute atomic E-state index is 0.163. The molecule has 2 N–H and O–H groups in total. The Bertz CT molecular complexity index is 2350. The van der Waals surface area contributed by atoms with Crippen molar-refractivity contribution >= 4 is 59.3 Å². The van der Waals surface area contributed by atoms with Crippen LogP contribution in [0.15, 0.2) is 149 Å². The number of fused-ring (bicyclic) bond motifs is 6. The van der Waals surface area contributed by atoms with Crippen molar-refractivity contribution in [2.75, 3.05) is 0 Å². The standard InChI is InChI=1S/C39H27N3OS/c1-3-10-24(11-4-1)26-18-20-33-31(22-26)32-23-27(19-21-34(32)43-33)38-40-37(25-12-5-2-6-13-25)41-39(42-38)30-16-9-15-29-28-14-7-8-17-35(28)44-36(29)30/h1-23,38-39,42H,(H,40,41). The topological polar surface area (TPSA) is 49.6 Å². The highest BCUT2D eigenvalue weighted by Crippen LogP contribution is 2.40. The largest absolute Gasteiger partial charge is 0.456 e. The first-order valence-electron chi connectivity index (χ1n) is 14.9. The van der Waals surface area contributed by atoms with E-state index in [1.165, 1.54) is 36.9 Å². The lowest BCUT2D eigenvalue weighted by Gasteiger charge is -2.32. The lowest BCUT2D eigenvalue weighted by Crippen LogP contribution is -2.44. The van der Waals surface area contributed by atoms with Crippen LogP contribution in [0.5, 0.6) is 0 Å². The molecule has 0 bridgehead atoms. The van der Waals surface area contributed by atoms with Gasteiger partial charge in [0.25, 0.3) is 0 Å². The third kappa shape index (κ3) is 4.21. The number of benzene rings is 6. The van der Waals surface area contributed by atoms with Gasteiger partial charge in [0.15, 0.2) is 0 Å². The zero-order valence-corrected chi connectivity index (χ0v) is 24.5. The summed E-state index contributed by atoms with van der Waals surface area (Å²) in [6.07, 6.45) is -0.390. The van der Waals surface area contributed by atoms with Crippen LogP contribution in [0.25, 0.3) is 53.2 Å². The van der Waals surface area contributed by atoms with Gasteiger partial charge in [0.2, 0.25) is 0 Å². The number of amidine groups is 1. The summed E-state index contributed by atoms with van der Waals surface area (Å²) < 4.78 is 8.84. The van der Waals surface area contributed by atoms with Gasteiger partial charge >= 0.3 is 0 Å². The van der Waals surface area contributed by atoms with E-state index in [4.69, 9.17) is 9.41 Å². The first kappa shape index (κ1) is 25.3. The second kappa shape index (κ2) is 10.2. The first-order chi connectivity index (χ1) is 21.8. The monoisotopic (exact) mass is 585 g/mol. The predicted molar refractivity (Wildman–Crippen MR) is 183 cm³/mol. The second-order valence-electron chi connectivity index (χ2n) is 11.2. The van der Waals surface area contributed by atoms with E-state index in [0.29, 0.717) is 0 Å². The molecular weight excluding hydrogens is 559 g/mol. The van der Waals surface area contributed by atoms with Crippen LogP contribution >= 0.6 is 11.3 Å². The van der Waals surface area contributed by atoms with E-state index < -0.39 is 0 Å². The zero-order chi connectivity index (χ0) is 29.0. The highest BCUT2D eigenvalue weighted by Gasteiger charge is 2.27. The van der Waals surface area contributed by atoms with Crippen LogP contribution < -0.4 is 10.6 Å². The fourth-order valence-electron chi connectivity index (χ4n) is 6.40. The van der Waals surface area contributed by atoms with Crippen molar-refractivity contribution in [3.8, 4) is 11.1 Å². The molecule has 2 unspecified atom stereocenters. The highest BCUT2D eigenvalue weighted by atomic mass is 32.1. The molecule has 5 heteroatoms. The number of rotatable bonds is 4. The van der Waals surface area contributed by atoms with Crippen molar-refractivity contribution in [3.05, 3.63) is 156 Å². The Kier molecular flexibility index (Phi) is 5.86. The molecule has 9 rings (SSSR count). The lowest BCUT2D eigenvalue weighted by atomic mass is 10.0. The summed E-state index contributed by atoms with van der Waals surface area (Å²) in [5.74, 6) is 0.876. The molecule has 8 aromatic rings. The molecule has 0 aliphatic carbocycles. The van der Waals surface area contributed by atoms with E-state index >= 15 is 0 Å². The number of hydrogen-bond acceptors (Lipinski definition) is 5. The van der Waals surface area contributed by atoms with Crippen LogP contribution in [-0.2, 0) is 0 Å². The molecule has 0 radical (unpaired) electrons. The lowest BCUT2D eigenvalue weighted by molar-refractivity contribution is 0.411. The third-order valence-electron chi connectivity index (χ3n) is 8.57. The Hall–Kier alpha value is -5.23. The van der Waals surface area contributed by atoms with Crippen LogP contribution in [0.1, 0.15) is 29.0 Å². The maximum absolute atomic E-state index is 6.28. The van der Waals surface area contributed by atoms with Crippen LogP contribution in [0.2, 0.25) is 0 Å². The maximum Gasteiger partial charge on any atom is 0.135 e. The van der Waals surface area contributed by atoms with E-state index in [1.54, 1.807) is 0 Å². The van der Waals surface area contributed by atoms with E-state index in [2.05, 4.69) is 138 Å². The Balaban J connectivity index is 1.17. The number of thiophene rings is 1. The average Bonchev–Trinajstić information content (AvgIpc) is 3.66. The molecule has 3 heterocycles. The van der Waals surface area contributed by atoms with Gasteiger partial charge in [-0.25, -0.2) is 4.99 Å². The molecular formula is C39H27N3OS. The molecule has 44 heavy (non-hydrogen) atoms. The van der Waals surface area contributed by atoms with Crippen LogP contribution in [0, 0.1) is 0 Å². The molecule has 0 fully saturated rings. The molecule has 4 nitrogen and oxygen atoms in total. The third-order valence-corrected chi connectivity index (χ3v) is 9.81. The summed E-state index contributed by atoms with van der Waals surface area (Å²) in [6.45, 7) is 0. The average molecular weight is 586 g/mol. The van der Waals surface area contributed by atoms with Crippen molar-refractivity contribution in [2.24, 2.45) is 4.99 Å². The number of hydrogen-bond donors (Lipinski definition) is 2. The molecule has 6 aromatic carbocycles. The normalized spacial score (nSPS) is 16.9. The van der Waals surface area contributed by atoms with Crippen LogP contribution in [-0.4, -0.2) is 5.84 Å². The Morgan fingerprint density at radius 3 is 2.11 bits per heavy atom. The number of nitrogens with zero attached hydrogens (tertiary/aromatic N) is 1. The minimum atomic E-state index is -0.227. The summed E-state index contributed by atoms with van der Waals surface area (Å²) in [5.41, 5.74) is 7.52. The van der Waals surface area contributed by atoms with Gasteiger partial charge in [0, 0.05) is 42.1 Å². The van der Waals surface area contributed by atoms with Crippen molar-refractivity contribution in [1.82, 2.24) is 10.6 Å². The smallest absolute Gasteiger partial charge is 0.135 e. The molecule has 1 aliphatic heterocycles. The SMILES string of the molecule is c1ccc(C2=NC(c3cccc4c3sc3ccccc34)NC(c3ccc4oc5ccc(-c6ccccc6)cc5c4c3)N2)cc1. The number of nitrogens with one attached hydrogen (secondary N) is 2. The van der Waals surface area contributed by atoms with Crippen LogP contribution in [0.4, 0.5) is 0 Å². The maximum atomic E-state index is 6.28. The Morgan fingerprint density at radius 2 is 1.27 bits per heavy atom. The molecule has 0 saturated carbocycles. The second-order valence-corrected chi connectivity index (χ2v) is 12.3. The van der Waals surface area contributed by atoms with Crippen molar-refractivity contribution < 1.29 is 4.42 Å². The summed E-state index contributed by atoms with van der Waals surface area (Å²) in [6, 6.07) is 49.1. The Morgan fingerprint density at radius 1 is 0.568 bits per heavy atom. The van der Waals surface area contributed by atoms with Gasteiger partial charge in [0.05, 0.1) is 0 Å². The Labute approximate surface area is 258 Å². The van der Waals surface area contributed by atoms with Gasteiger partial charge in [-0.2, -0.15) is 0 Å². The van der Waals surface area contributed by atoms with Gasteiger partial charge in [-0.1, -0.05) is 109 Å². The summed E-state index contributed by atoms with van der Waals surface area (Å²) in [7, 11) is 0. The van der Waals surface area contributed by atoms with E-state index in [9.17, 15) is 0 Å². The minimum Gasteiger partial charge on any atom is -0.456 e. The molecule has 2 atom stereocenters. The van der Waals surface area contributed by atoms with Gasteiger partial charge < -0.3 is 9.73 Å². The summed E-state index contributed by atoms with van der Waals surface area (Å²) >= 11 is 1.84. The molecule has 0 saturated heterocycles. The van der Waals surface area contributed by atoms with Gasteiger partial charge in [-0.05, 0) is 47.0 Å². The van der Waals surface area contributed by atoms with E-state index in [0.717, 1.165) is 38.9 Å². The number of aliphatic imine (C=N–C) groups is 1.